The molecular formula is C6H11N2O. The maximum absolute atomic E-state index is 10.4. The van der Waals surface area contributed by atoms with E-state index in [-0.39, 0.29) is 12.0 Å². The summed E-state index contributed by atoms with van der Waals surface area (Å²) in [5.41, 5.74) is 12.3. The summed E-state index contributed by atoms with van der Waals surface area (Å²) in [6.45, 7) is 0. The van der Waals surface area contributed by atoms with Crippen molar-refractivity contribution in [2.45, 2.75) is 25.3 Å². The highest BCUT2D eigenvalue weighted by Crippen LogP contribution is 2.23. The smallest absolute Gasteiger partial charge is 0.243 e. The van der Waals surface area contributed by atoms with Crippen LogP contribution in [0, 0.1) is 5.92 Å². The topological polar surface area (TPSA) is 66.9 Å². The maximum Gasteiger partial charge on any atom is 0.243 e. The number of rotatable bonds is 1. The minimum absolute atomic E-state index is 0.0324. The third-order valence-corrected chi connectivity index (χ3v) is 1.91. The van der Waals surface area contributed by atoms with Crippen LogP contribution in [0.4, 0.5) is 0 Å². The van der Waals surface area contributed by atoms with Gasteiger partial charge in [-0.15, -0.1) is 0 Å². The quantitative estimate of drug-likeness (QED) is 0.535. The first-order valence-corrected chi connectivity index (χ1v) is 3.23. The molecule has 9 heavy (non-hydrogen) atoms. The Labute approximate surface area is 54.4 Å². The van der Waals surface area contributed by atoms with E-state index in [1.165, 1.54) is 0 Å². The van der Waals surface area contributed by atoms with Crippen molar-refractivity contribution in [2.24, 2.45) is 11.7 Å². The molecule has 1 fully saturated rings. The van der Waals surface area contributed by atoms with E-state index in [0.717, 1.165) is 19.3 Å². The van der Waals surface area contributed by atoms with Crippen LogP contribution in [-0.4, -0.2) is 11.9 Å². The van der Waals surface area contributed by atoms with Crippen LogP contribution in [0.3, 0.4) is 0 Å². The van der Waals surface area contributed by atoms with Crippen molar-refractivity contribution in [1.82, 2.24) is 5.73 Å². The highest BCUT2D eigenvalue weighted by Gasteiger charge is 2.28. The van der Waals surface area contributed by atoms with E-state index < -0.39 is 5.91 Å². The molecular weight excluding hydrogens is 116 g/mol. The summed E-state index contributed by atoms with van der Waals surface area (Å²) in [5.74, 6) is -0.648. The van der Waals surface area contributed by atoms with Crippen molar-refractivity contribution in [2.75, 3.05) is 0 Å². The normalized spacial score (nSPS) is 34.8. The molecule has 1 aliphatic carbocycles. The molecule has 3 heteroatoms. The fraction of sp³-hybridized carbons (Fsp3) is 0.833. The molecule has 0 heterocycles. The van der Waals surface area contributed by atoms with Crippen molar-refractivity contribution in [1.29, 1.82) is 0 Å². The second-order valence-electron chi connectivity index (χ2n) is 2.57. The Kier molecular flexibility index (Phi) is 1.71. The molecule has 1 rings (SSSR count). The SMILES string of the molecule is [NH]C(=O)[C@H]1CCC[C@H]1N. The minimum atomic E-state index is -0.486. The van der Waals surface area contributed by atoms with Gasteiger partial charge >= 0.3 is 0 Å². The van der Waals surface area contributed by atoms with Crippen molar-refractivity contribution in [3.8, 4) is 0 Å². The van der Waals surface area contributed by atoms with Crippen LogP contribution in [0.5, 0.6) is 0 Å². The summed E-state index contributed by atoms with van der Waals surface area (Å²) in [6, 6.07) is -0.0324. The van der Waals surface area contributed by atoms with Crippen LogP contribution in [0.15, 0.2) is 0 Å². The van der Waals surface area contributed by atoms with Gasteiger partial charge < -0.3 is 5.73 Å². The van der Waals surface area contributed by atoms with Crippen LogP contribution in [0.1, 0.15) is 19.3 Å². The lowest BCUT2D eigenvalue weighted by atomic mass is 10.0. The van der Waals surface area contributed by atoms with Crippen LogP contribution < -0.4 is 11.5 Å². The first-order valence-electron chi connectivity index (χ1n) is 3.23. The number of carbonyl (C=O) groups excluding carboxylic acids is 1. The summed E-state index contributed by atoms with van der Waals surface area (Å²) < 4.78 is 0. The van der Waals surface area contributed by atoms with Crippen molar-refractivity contribution >= 4 is 5.91 Å². The predicted molar refractivity (Wildman–Crippen MR) is 33.4 cm³/mol. The molecule has 0 aromatic heterocycles. The largest absolute Gasteiger partial charge is 0.327 e. The molecule has 0 aliphatic heterocycles. The van der Waals surface area contributed by atoms with Gasteiger partial charge in [-0.3, -0.25) is 10.5 Å². The Bertz CT molecular complexity index is 124. The summed E-state index contributed by atoms with van der Waals surface area (Å²) in [6.07, 6.45) is 2.75. The standard InChI is InChI=1S/C6H11N2O/c7-5-3-1-2-4(5)6(8)9/h4-5,8H,1-3,7H2/t4-,5+/m0/s1. The number of carbonyl (C=O) groups is 1. The first-order chi connectivity index (χ1) is 4.22. The third kappa shape index (κ3) is 1.21. The number of amides is 1. The molecule has 1 saturated carbocycles. The summed E-state index contributed by atoms with van der Waals surface area (Å²) in [7, 11) is 0. The summed E-state index contributed by atoms with van der Waals surface area (Å²) in [4.78, 5) is 10.4. The van der Waals surface area contributed by atoms with E-state index in [2.05, 4.69) is 0 Å². The first kappa shape index (κ1) is 6.55. The molecule has 3 N–H and O–H groups in total. The second kappa shape index (κ2) is 2.35. The van der Waals surface area contributed by atoms with Crippen molar-refractivity contribution < 1.29 is 4.79 Å². The molecule has 2 atom stereocenters. The average Bonchev–Trinajstić information content (AvgIpc) is 2.13. The maximum atomic E-state index is 10.4. The molecule has 1 aliphatic rings. The van der Waals surface area contributed by atoms with Gasteiger partial charge in [-0.25, -0.2) is 0 Å². The lowest BCUT2D eigenvalue weighted by molar-refractivity contribution is -0.122. The van der Waals surface area contributed by atoms with E-state index in [1.54, 1.807) is 0 Å². The Hall–Kier alpha value is -0.570. The Morgan fingerprint density at radius 3 is 2.44 bits per heavy atom. The highest BCUT2D eigenvalue weighted by molar-refractivity contribution is 5.76. The van der Waals surface area contributed by atoms with E-state index in [9.17, 15) is 4.79 Å². The zero-order valence-corrected chi connectivity index (χ0v) is 5.26. The third-order valence-electron chi connectivity index (χ3n) is 1.91. The van der Waals surface area contributed by atoms with Gasteiger partial charge in [0.1, 0.15) is 0 Å². The van der Waals surface area contributed by atoms with E-state index in [4.69, 9.17) is 11.5 Å². The summed E-state index contributed by atoms with van der Waals surface area (Å²) >= 11 is 0. The van der Waals surface area contributed by atoms with Gasteiger partial charge in [-0.2, -0.15) is 0 Å². The van der Waals surface area contributed by atoms with Gasteiger partial charge in [0.2, 0.25) is 5.91 Å². The zero-order chi connectivity index (χ0) is 6.85. The molecule has 0 aromatic carbocycles. The van der Waals surface area contributed by atoms with Gasteiger partial charge in [-0.1, -0.05) is 6.42 Å². The Balaban J connectivity index is 2.49. The summed E-state index contributed by atoms with van der Waals surface area (Å²) in [5, 5.41) is 0. The molecule has 0 spiro atoms. The molecule has 1 amide bonds. The van der Waals surface area contributed by atoms with Crippen LogP contribution in [-0.2, 0) is 4.79 Å². The van der Waals surface area contributed by atoms with Gasteiger partial charge in [0, 0.05) is 6.04 Å². The van der Waals surface area contributed by atoms with E-state index >= 15 is 0 Å². The lowest BCUT2D eigenvalue weighted by Crippen LogP contribution is -2.30. The van der Waals surface area contributed by atoms with E-state index in [0.29, 0.717) is 0 Å². The molecule has 0 aromatic rings. The van der Waals surface area contributed by atoms with Gasteiger partial charge in [0.15, 0.2) is 0 Å². The second-order valence-corrected chi connectivity index (χ2v) is 2.57. The van der Waals surface area contributed by atoms with Crippen molar-refractivity contribution in [3.05, 3.63) is 0 Å². The Morgan fingerprint density at radius 1 is 1.56 bits per heavy atom. The van der Waals surface area contributed by atoms with Crippen molar-refractivity contribution in [3.63, 3.8) is 0 Å². The molecule has 0 bridgehead atoms. The zero-order valence-electron chi connectivity index (χ0n) is 5.26. The molecule has 1 radical (unpaired) electrons. The average molecular weight is 127 g/mol. The van der Waals surface area contributed by atoms with Crippen LogP contribution in [0.25, 0.3) is 0 Å². The molecule has 0 unspecified atom stereocenters. The molecule has 0 saturated heterocycles. The molecule has 51 valence electrons. The van der Waals surface area contributed by atoms with Gasteiger partial charge in [0.25, 0.3) is 0 Å². The monoisotopic (exact) mass is 127 g/mol. The number of hydrogen-bond acceptors (Lipinski definition) is 2. The number of hydrogen-bond donors (Lipinski definition) is 1. The molecule has 3 nitrogen and oxygen atoms in total. The fourth-order valence-electron chi connectivity index (χ4n) is 1.31. The van der Waals surface area contributed by atoms with Crippen LogP contribution >= 0.6 is 0 Å². The highest BCUT2D eigenvalue weighted by atomic mass is 16.1. The minimum Gasteiger partial charge on any atom is -0.327 e. The van der Waals surface area contributed by atoms with Crippen LogP contribution in [0.2, 0.25) is 0 Å². The Morgan fingerprint density at radius 2 is 2.22 bits per heavy atom. The predicted octanol–water partition coefficient (Wildman–Crippen LogP) is -0.0767. The van der Waals surface area contributed by atoms with E-state index in [1.807, 2.05) is 0 Å². The number of nitrogens with one attached hydrogen (secondary N) is 1. The lowest BCUT2D eigenvalue weighted by Gasteiger charge is -2.08. The fourth-order valence-corrected chi connectivity index (χ4v) is 1.31. The number of nitrogens with two attached hydrogens (primary N) is 1. The van der Waals surface area contributed by atoms with Gasteiger partial charge in [0.05, 0.1) is 5.92 Å². The van der Waals surface area contributed by atoms with Gasteiger partial charge in [-0.05, 0) is 12.8 Å².